The zero-order valence-corrected chi connectivity index (χ0v) is 66.3. The Labute approximate surface area is 634 Å². The number of ketones is 1. The van der Waals surface area contributed by atoms with Gasteiger partial charge in [-0.05, 0) is 89.9 Å². The monoisotopic (exact) mass is 1530 g/mol. The van der Waals surface area contributed by atoms with Gasteiger partial charge in [0, 0.05) is 175 Å². The van der Waals surface area contributed by atoms with Gasteiger partial charge < -0.3 is 88.2 Å². The number of carbonyl (C=O) groups is 12. The van der Waals surface area contributed by atoms with Crippen LogP contribution in [0.2, 0.25) is 0 Å². The molecule has 3 aliphatic heterocycles. The summed E-state index contributed by atoms with van der Waals surface area (Å²) in [4.78, 5) is 151. The Morgan fingerprint density at radius 2 is 0.673 bits per heavy atom. The second-order valence-electron chi connectivity index (χ2n) is 28.9. The highest BCUT2D eigenvalue weighted by atomic mass is 16.7. The minimum atomic E-state index is -0.936. The summed E-state index contributed by atoms with van der Waals surface area (Å²) in [5, 5.41) is 14.8. The lowest BCUT2D eigenvalue weighted by Gasteiger charge is -2.43. The van der Waals surface area contributed by atoms with Crippen LogP contribution in [0.15, 0.2) is 0 Å². The minimum Gasteiger partial charge on any atom is -0.463 e. The first-order valence-corrected chi connectivity index (χ1v) is 39.1. The number of carbonyl (C=O) groups excluding carboxylic acids is 12. The van der Waals surface area contributed by atoms with Crippen molar-refractivity contribution in [2.45, 2.75) is 299 Å². The van der Waals surface area contributed by atoms with Gasteiger partial charge in [-0.1, -0.05) is 73.6 Å². The fraction of sp³-hybridized carbons (Fsp3) is 0.844. The van der Waals surface area contributed by atoms with Crippen LogP contribution in [0.5, 0.6) is 0 Å². The molecule has 107 heavy (non-hydrogen) atoms. The maximum Gasteiger partial charge on any atom is 0.303 e. The van der Waals surface area contributed by atoms with Gasteiger partial charge in [0.1, 0.15) is 56.4 Å². The normalized spacial score (nSPS) is 24.6. The number of amides is 5. The number of methoxy groups -OCH3 is 1. The van der Waals surface area contributed by atoms with E-state index in [1.165, 1.54) is 41.5 Å². The number of nitrogens with one attached hydrogen (secondary N) is 5. The van der Waals surface area contributed by atoms with Crippen molar-refractivity contribution in [2.75, 3.05) is 79.5 Å². The van der Waals surface area contributed by atoms with Crippen molar-refractivity contribution >= 4 is 71.1 Å². The van der Waals surface area contributed by atoms with Crippen LogP contribution in [0.1, 0.15) is 237 Å². The highest BCUT2D eigenvalue weighted by Gasteiger charge is 2.47. The van der Waals surface area contributed by atoms with Crippen LogP contribution in [-0.2, 0) is 119 Å². The van der Waals surface area contributed by atoms with E-state index in [1.807, 2.05) is 41.5 Å². The van der Waals surface area contributed by atoms with Crippen molar-refractivity contribution in [2.24, 2.45) is 41.4 Å². The van der Waals surface area contributed by atoms with Gasteiger partial charge >= 0.3 is 35.8 Å². The van der Waals surface area contributed by atoms with E-state index in [4.69, 9.17) is 61.6 Å². The number of unbranched alkanes of at least 4 members (excludes halogenated alkanes) is 10. The Bertz CT molecular complexity index is 2690. The molecule has 3 saturated heterocycles. The molecule has 3 aliphatic rings. The molecule has 0 spiro atoms. The average Bonchev–Trinajstić information content (AvgIpc) is 0.820. The molecule has 5 amide bonds. The molecule has 614 valence electrons. The Kier molecular flexibility index (Phi) is 48.0. The smallest absolute Gasteiger partial charge is 0.303 e. The van der Waals surface area contributed by atoms with Gasteiger partial charge in [0.25, 0.3) is 0 Å². The largest absolute Gasteiger partial charge is 0.463 e. The first-order chi connectivity index (χ1) is 51.0. The molecule has 3 rings (SSSR count). The molecule has 0 aromatic heterocycles. The summed E-state index contributed by atoms with van der Waals surface area (Å²) >= 11 is 0. The Morgan fingerprint density at radius 1 is 0.346 bits per heavy atom. The second kappa shape index (κ2) is 54.2. The van der Waals surface area contributed by atoms with Crippen molar-refractivity contribution in [3.05, 3.63) is 0 Å². The van der Waals surface area contributed by atoms with Crippen LogP contribution in [0.25, 0.3) is 0 Å². The van der Waals surface area contributed by atoms with E-state index in [9.17, 15) is 57.5 Å². The third kappa shape index (κ3) is 39.7. The minimum absolute atomic E-state index is 0.0556. The fourth-order valence-electron chi connectivity index (χ4n) is 13.2. The van der Waals surface area contributed by atoms with E-state index in [1.54, 1.807) is 7.11 Å². The summed E-state index contributed by atoms with van der Waals surface area (Å²) in [6.45, 7) is 22.2. The summed E-state index contributed by atoms with van der Waals surface area (Å²) < 4.78 is 74.2. The van der Waals surface area contributed by atoms with Crippen molar-refractivity contribution in [3.63, 3.8) is 0 Å². The number of hydrogen-bond donors (Lipinski definition) is 5. The average molecular weight is 1530 g/mol. The van der Waals surface area contributed by atoms with Crippen molar-refractivity contribution in [1.82, 2.24) is 26.6 Å². The predicted molar refractivity (Wildman–Crippen MR) is 391 cm³/mol. The molecular formula is C77H131N5O25. The van der Waals surface area contributed by atoms with Crippen molar-refractivity contribution in [3.8, 4) is 0 Å². The summed E-state index contributed by atoms with van der Waals surface area (Å²) in [5.41, 5.74) is 0. The summed E-state index contributed by atoms with van der Waals surface area (Å²) in [5.74, 6) is -5.83. The Balaban J connectivity index is 1.62. The van der Waals surface area contributed by atoms with Gasteiger partial charge in [0.05, 0.1) is 6.04 Å². The van der Waals surface area contributed by atoms with Gasteiger partial charge in [-0.15, -0.1) is 0 Å². The zero-order valence-electron chi connectivity index (χ0n) is 66.3. The summed E-state index contributed by atoms with van der Waals surface area (Å²) in [6.07, 6.45) is 5.67. The van der Waals surface area contributed by atoms with Crippen molar-refractivity contribution in [1.29, 1.82) is 0 Å². The molecule has 0 saturated carbocycles. The lowest BCUT2D eigenvalue weighted by atomic mass is 9.84. The highest BCUT2D eigenvalue weighted by Crippen LogP contribution is 2.37. The standard InChI is InChI=1S/C77H131N5O25/c1-49-52(4)75(105-64(46-99-55(7)83)71(49)102-58(10)86)96-42-27-15-19-34-67(90)78-37-25-22-31-61(74(94)81-39-24-14-18-33-69(92)80-40-30-41-95-13)45-63(89)62(82-70(93)36-21-17-29-44-98-77-54(6)51(3)73(104-60(12)88)66(107-77)48-101-57(9)85)32-23-26-38-79-68(91)35-20-16-28-43-97-76-53(5)50(2)72(103-59(11)87)65(106-76)47-100-56(8)84/h49-54,61-62,64-66,71-73,75-77H,14-48H2,1-13H3,(H,78,90)(H,79,91)(H,80,92)(H,81,94)(H,82,93). The molecule has 5 N–H and O–H groups in total. The van der Waals surface area contributed by atoms with E-state index in [0.717, 1.165) is 0 Å². The molecule has 30 heteroatoms. The fourth-order valence-corrected chi connectivity index (χ4v) is 13.2. The first-order valence-electron chi connectivity index (χ1n) is 39.1. The van der Waals surface area contributed by atoms with Gasteiger partial charge in [0.15, 0.2) is 24.7 Å². The molecule has 3 fully saturated rings. The van der Waals surface area contributed by atoms with E-state index < -0.39 is 103 Å². The first kappa shape index (κ1) is 94.8. The topological polar surface area (TPSA) is 385 Å². The van der Waals surface area contributed by atoms with Crippen LogP contribution < -0.4 is 26.6 Å². The lowest BCUT2D eigenvalue weighted by molar-refractivity contribution is -0.273. The summed E-state index contributed by atoms with van der Waals surface area (Å²) in [6, 6.07) is -0.936. The van der Waals surface area contributed by atoms with Gasteiger partial charge in [-0.2, -0.15) is 0 Å². The molecule has 0 aromatic rings. The van der Waals surface area contributed by atoms with E-state index in [0.29, 0.717) is 175 Å². The quantitative estimate of drug-likeness (QED) is 0.0221. The maximum atomic E-state index is 14.6. The molecule has 0 aliphatic carbocycles. The molecule has 30 nitrogen and oxygen atoms in total. The van der Waals surface area contributed by atoms with Gasteiger partial charge in [-0.3, -0.25) is 57.5 Å². The Hall–Kier alpha value is -6.44. The van der Waals surface area contributed by atoms with Crippen molar-refractivity contribution < 1.29 is 119 Å². The van der Waals surface area contributed by atoms with Crippen LogP contribution in [0.3, 0.4) is 0 Å². The third-order valence-corrected chi connectivity index (χ3v) is 19.9. The summed E-state index contributed by atoms with van der Waals surface area (Å²) in [7, 11) is 1.60. The molecular weight excluding hydrogens is 1390 g/mol. The maximum absolute atomic E-state index is 14.6. The SMILES string of the molecule is COCCCNC(=O)CCCCCNC(=O)C(CCCCNC(=O)CCCCCOC1OC(COC(C)=O)C(OC(C)=O)C(C)C1C)CC(=O)C(CCCCNC(=O)CCCCCOC1OC(COC(C)=O)C(OC(C)=O)C(C)C1C)NC(=O)CCCCCOC1OC(COC(C)=O)C(OC(C)=O)C(C)C1C. The lowest BCUT2D eigenvalue weighted by Crippen LogP contribution is -2.53. The van der Waals surface area contributed by atoms with Crippen LogP contribution in [-0.4, -0.2) is 212 Å². The number of Topliss-reactive ketones (excluding diaryl/α,β-unsaturated/α-hetero) is 1. The molecule has 3 heterocycles. The van der Waals surface area contributed by atoms with Crippen LogP contribution in [0, 0.1) is 41.4 Å². The van der Waals surface area contributed by atoms with Crippen LogP contribution in [0.4, 0.5) is 0 Å². The predicted octanol–water partition coefficient (Wildman–Crippen LogP) is 7.66. The van der Waals surface area contributed by atoms with E-state index in [2.05, 4.69) is 26.6 Å². The highest BCUT2D eigenvalue weighted by molar-refractivity contribution is 5.92. The number of esters is 6. The number of ether oxygens (including phenoxy) is 13. The molecule has 0 bridgehead atoms. The van der Waals surface area contributed by atoms with E-state index in [-0.39, 0.29) is 123 Å². The number of hydrogen-bond acceptors (Lipinski definition) is 25. The second-order valence-corrected chi connectivity index (χ2v) is 28.9. The molecule has 0 radical (unpaired) electrons. The van der Waals surface area contributed by atoms with E-state index >= 15 is 0 Å². The Morgan fingerprint density at radius 3 is 1.03 bits per heavy atom. The van der Waals surface area contributed by atoms with Gasteiger partial charge in [0.2, 0.25) is 29.5 Å². The van der Waals surface area contributed by atoms with Crippen LogP contribution >= 0.6 is 0 Å². The zero-order chi connectivity index (χ0) is 79.2. The van der Waals surface area contributed by atoms with Gasteiger partial charge in [-0.25, -0.2) is 0 Å². The number of rotatable bonds is 55. The molecule has 17 atom stereocenters. The molecule has 0 aromatic carbocycles. The molecule has 17 unspecified atom stereocenters. The third-order valence-electron chi connectivity index (χ3n) is 19.9.